The van der Waals surface area contributed by atoms with Crippen molar-refractivity contribution in [3.8, 4) is 0 Å². The van der Waals surface area contributed by atoms with Crippen LogP contribution in [-0.4, -0.2) is 15.3 Å². The summed E-state index contributed by atoms with van der Waals surface area (Å²) in [4.78, 5) is 0. The number of hydrogen-bond donors (Lipinski definition) is 2. The number of aromatic nitrogens is 2. The molecule has 0 aliphatic carbocycles. The Balaban J connectivity index is 1.90. The SMILES string of the molecule is Cc1cccc2n[nH]c(C(C)(O)CCc3ccccc3)c12. The maximum atomic E-state index is 10.9. The zero-order valence-electron chi connectivity index (χ0n) is 12.4. The van der Waals surface area contributed by atoms with Gasteiger partial charge >= 0.3 is 0 Å². The van der Waals surface area contributed by atoms with E-state index in [1.165, 1.54) is 5.56 Å². The van der Waals surface area contributed by atoms with Gasteiger partial charge in [0.2, 0.25) is 0 Å². The van der Waals surface area contributed by atoms with Crippen LogP contribution < -0.4 is 0 Å². The van der Waals surface area contributed by atoms with Crippen LogP contribution in [0.25, 0.3) is 10.9 Å². The summed E-state index contributed by atoms with van der Waals surface area (Å²) in [6, 6.07) is 16.2. The minimum atomic E-state index is -0.920. The number of benzene rings is 2. The molecule has 21 heavy (non-hydrogen) atoms. The van der Waals surface area contributed by atoms with Crippen LogP contribution in [-0.2, 0) is 12.0 Å². The standard InChI is InChI=1S/C18H20N2O/c1-13-7-6-10-15-16(13)17(20-19-15)18(2,21)12-11-14-8-4-3-5-9-14/h3-10,21H,11-12H2,1-2H3,(H,19,20). The summed E-state index contributed by atoms with van der Waals surface area (Å²) in [5.74, 6) is 0. The molecule has 3 nitrogen and oxygen atoms in total. The molecule has 0 aliphatic heterocycles. The normalized spacial score (nSPS) is 14.2. The van der Waals surface area contributed by atoms with E-state index in [0.717, 1.165) is 28.6 Å². The molecule has 1 atom stereocenters. The lowest BCUT2D eigenvalue weighted by Crippen LogP contribution is -2.23. The zero-order valence-corrected chi connectivity index (χ0v) is 12.4. The second-order valence-electron chi connectivity index (χ2n) is 5.83. The summed E-state index contributed by atoms with van der Waals surface area (Å²) in [5.41, 5.74) is 3.17. The predicted molar refractivity (Wildman–Crippen MR) is 85.2 cm³/mol. The summed E-state index contributed by atoms with van der Waals surface area (Å²) in [6.45, 7) is 3.91. The number of nitrogens with one attached hydrogen (secondary N) is 1. The Morgan fingerprint density at radius 3 is 2.62 bits per heavy atom. The second-order valence-corrected chi connectivity index (χ2v) is 5.83. The Labute approximate surface area is 124 Å². The number of fused-ring (bicyclic) bond motifs is 1. The van der Waals surface area contributed by atoms with Gasteiger partial charge in [-0.25, -0.2) is 0 Å². The van der Waals surface area contributed by atoms with Crippen molar-refractivity contribution in [1.29, 1.82) is 0 Å². The number of rotatable bonds is 4. The highest BCUT2D eigenvalue weighted by atomic mass is 16.3. The van der Waals surface area contributed by atoms with Gasteiger partial charge in [-0.05, 0) is 43.9 Å². The van der Waals surface area contributed by atoms with E-state index >= 15 is 0 Å². The third kappa shape index (κ3) is 2.69. The van der Waals surface area contributed by atoms with Crippen LogP contribution in [0.4, 0.5) is 0 Å². The highest BCUT2D eigenvalue weighted by molar-refractivity contribution is 5.85. The van der Waals surface area contributed by atoms with Crippen LogP contribution in [0.3, 0.4) is 0 Å². The van der Waals surface area contributed by atoms with Gasteiger partial charge in [0.05, 0.1) is 11.2 Å². The van der Waals surface area contributed by atoms with Gasteiger partial charge in [0.15, 0.2) is 0 Å². The fourth-order valence-corrected chi connectivity index (χ4v) is 2.79. The molecule has 3 aromatic rings. The van der Waals surface area contributed by atoms with Gasteiger partial charge in [-0.2, -0.15) is 5.10 Å². The average molecular weight is 280 g/mol. The van der Waals surface area contributed by atoms with Crippen LogP contribution in [0.5, 0.6) is 0 Å². The monoisotopic (exact) mass is 280 g/mol. The van der Waals surface area contributed by atoms with Gasteiger partial charge in [0.1, 0.15) is 5.60 Å². The molecule has 1 heterocycles. The molecule has 3 rings (SSSR count). The van der Waals surface area contributed by atoms with Crippen molar-refractivity contribution in [2.75, 3.05) is 0 Å². The molecule has 0 radical (unpaired) electrons. The first-order valence-corrected chi connectivity index (χ1v) is 7.28. The molecule has 2 N–H and O–H groups in total. The van der Waals surface area contributed by atoms with E-state index in [9.17, 15) is 5.11 Å². The minimum Gasteiger partial charge on any atom is -0.384 e. The Bertz CT molecular complexity index is 744. The molecule has 1 aromatic heterocycles. The molecule has 0 spiro atoms. The molecular formula is C18H20N2O. The summed E-state index contributed by atoms with van der Waals surface area (Å²) >= 11 is 0. The van der Waals surface area contributed by atoms with Crippen molar-refractivity contribution in [2.45, 2.75) is 32.3 Å². The number of H-pyrrole nitrogens is 1. The number of hydrogen-bond acceptors (Lipinski definition) is 2. The van der Waals surface area contributed by atoms with Crippen molar-refractivity contribution < 1.29 is 5.11 Å². The maximum Gasteiger partial charge on any atom is 0.104 e. The lowest BCUT2D eigenvalue weighted by Gasteiger charge is -2.22. The van der Waals surface area contributed by atoms with Crippen LogP contribution in [0.2, 0.25) is 0 Å². The van der Waals surface area contributed by atoms with E-state index < -0.39 is 5.60 Å². The highest BCUT2D eigenvalue weighted by Gasteiger charge is 2.27. The molecule has 1 unspecified atom stereocenters. The predicted octanol–water partition coefficient (Wildman–Crippen LogP) is 3.71. The number of aromatic amines is 1. The lowest BCUT2D eigenvalue weighted by molar-refractivity contribution is 0.0449. The highest BCUT2D eigenvalue weighted by Crippen LogP contribution is 2.32. The van der Waals surface area contributed by atoms with E-state index in [1.807, 2.05) is 37.3 Å². The van der Waals surface area contributed by atoms with Gasteiger partial charge < -0.3 is 5.11 Å². The Morgan fingerprint density at radius 2 is 1.86 bits per heavy atom. The smallest absolute Gasteiger partial charge is 0.104 e. The Hall–Kier alpha value is -2.13. The molecule has 0 saturated heterocycles. The first-order chi connectivity index (χ1) is 10.1. The van der Waals surface area contributed by atoms with Crippen LogP contribution in [0, 0.1) is 6.92 Å². The van der Waals surface area contributed by atoms with E-state index in [4.69, 9.17) is 0 Å². The van der Waals surface area contributed by atoms with Crippen LogP contribution >= 0.6 is 0 Å². The molecule has 0 saturated carbocycles. The van der Waals surface area contributed by atoms with Gasteiger partial charge in [-0.1, -0.05) is 42.5 Å². The molecule has 0 aliphatic rings. The van der Waals surface area contributed by atoms with Crippen LogP contribution in [0.1, 0.15) is 30.2 Å². The summed E-state index contributed by atoms with van der Waals surface area (Å²) in [5, 5.41) is 19.3. The lowest BCUT2D eigenvalue weighted by atomic mass is 9.90. The molecule has 3 heteroatoms. The Morgan fingerprint density at radius 1 is 1.10 bits per heavy atom. The van der Waals surface area contributed by atoms with Crippen molar-refractivity contribution in [3.63, 3.8) is 0 Å². The fourth-order valence-electron chi connectivity index (χ4n) is 2.79. The first-order valence-electron chi connectivity index (χ1n) is 7.28. The van der Waals surface area contributed by atoms with E-state index in [1.54, 1.807) is 0 Å². The van der Waals surface area contributed by atoms with Crippen molar-refractivity contribution in [1.82, 2.24) is 10.2 Å². The third-order valence-electron chi connectivity index (χ3n) is 4.07. The molecule has 0 amide bonds. The molecule has 108 valence electrons. The fraction of sp³-hybridized carbons (Fsp3) is 0.278. The largest absolute Gasteiger partial charge is 0.384 e. The first kappa shape index (κ1) is 13.8. The Kier molecular flexibility index (Phi) is 3.52. The number of aliphatic hydroxyl groups is 1. The van der Waals surface area contributed by atoms with Gasteiger partial charge in [0.25, 0.3) is 0 Å². The molecule has 2 aromatic carbocycles. The van der Waals surface area contributed by atoms with Crippen molar-refractivity contribution in [3.05, 3.63) is 65.4 Å². The van der Waals surface area contributed by atoms with E-state index in [0.29, 0.717) is 6.42 Å². The number of aryl methyl sites for hydroxylation is 2. The molecule has 0 bridgehead atoms. The summed E-state index contributed by atoms with van der Waals surface area (Å²) in [7, 11) is 0. The molecular weight excluding hydrogens is 260 g/mol. The molecule has 0 fully saturated rings. The maximum absolute atomic E-state index is 10.9. The minimum absolute atomic E-state index is 0.655. The summed E-state index contributed by atoms with van der Waals surface area (Å²) < 4.78 is 0. The number of nitrogens with zero attached hydrogens (tertiary/aromatic N) is 1. The summed E-state index contributed by atoms with van der Waals surface area (Å²) in [6.07, 6.45) is 1.49. The van der Waals surface area contributed by atoms with Crippen molar-refractivity contribution >= 4 is 10.9 Å². The van der Waals surface area contributed by atoms with Gasteiger partial charge in [-0.15, -0.1) is 0 Å². The van der Waals surface area contributed by atoms with E-state index in [-0.39, 0.29) is 0 Å². The third-order valence-corrected chi connectivity index (χ3v) is 4.07. The van der Waals surface area contributed by atoms with Gasteiger partial charge in [0, 0.05) is 5.39 Å². The second kappa shape index (κ2) is 5.34. The average Bonchev–Trinajstić information content (AvgIpc) is 2.93. The topological polar surface area (TPSA) is 48.9 Å². The van der Waals surface area contributed by atoms with E-state index in [2.05, 4.69) is 35.3 Å². The van der Waals surface area contributed by atoms with Gasteiger partial charge in [-0.3, -0.25) is 5.10 Å². The quantitative estimate of drug-likeness (QED) is 0.765. The van der Waals surface area contributed by atoms with Crippen molar-refractivity contribution in [2.24, 2.45) is 0 Å². The van der Waals surface area contributed by atoms with Crippen LogP contribution in [0.15, 0.2) is 48.5 Å². The zero-order chi connectivity index (χ0) is 14.9.